The Morgan fingerprint density at radius 1 is 1.05 bits per heavy atom. The molecule has 0 aliphatic carbocycles. The molecule has 1 fully saturated rings. The van der Waals surface area contributed by atoms with Crippen molar-refractivity contribution in [1.82, 2.24) is 10.6 Å². The molecule has 1 aliphatic heterocycles. The third kappa shape index (κ3) is 8.11. The van der Waals surface area contributed by atoms with Gasteiger partial charge in [-0.3, -0.25) is 30.0 Å². The average molecular weight is 547 g/mol. The van der Waals surface area contributed by atoms with E-state index in [-0.39, 0.29) is 17.7 Å². The number of nitrogens with one attached hydrogen (secondary N) is 2. The number of aromatic hydroxyl groups is 1. The number of hydrogen-bond donors (Lipinski definition) is 4. The topological polar surface area (TPSA) is 151 Å². The largest absolute Gasteiger partial charge is 0.507 e. The minimum absolute atomic E-state index is 0.0741. The van der Waals surface area contributed by atoms with Gasteiger partial charge >= 0.3 is 6.03 Å². The van der Waals surface area contributed by atoms with Crippen LogP contribution in [0, 0.1) is 11.2 Å². The van der Waals surface area contributed by atoms with Gasteiger partial charge in [0.05, 0.1) is 5.71 Å². The van der Waals surface area contributed by atoms with Gasteiger partial charge in [-0.25, -0.2) is 9.18 Å². The number of carbonyl (C=O) groups excluding carboxylic acids is 4. The second-order valence-corrected chi connectivity index (χ2v) is 9.18. The molecule has 5 N–H and O–H groups in total. The number of nitrogens with two attached hydrogens (primary N) is 1. The Morgan fingerprint density at radius 2 is 1.68 bits per heavy atom. The van der Waals surface area contributed by atoms with Crippen LogP contribution in [-0.4, -0.2) is 41.1 Å². The molecule has 5 amide bonds. The number of carbonyl (C=O) groups is 4. The molecule has 0 atom stereocenters. The lowest BCUT2D eigenvalue weighted by molar-refractivity contribution is -0.145. The molecule has 0 saturated carbocycles. The van der Waals surface area contributed by atoms with Crippen molar-refractivity contribution in [3.8, 4) is 5.75 Å². The van der Waals surface area contributed by atoms with Crippen LogP contribution in [0.1, 0.15) is 63.5 Å². The Bertz CT molecular complexity index is 1180. The van der Waals surface area contributed by atoms with Crippen LogP contribution in [0.15, 0.2) is 47.5 Å². The van der Waals surface area contributed by atoms with Gasteiger partial charge in [-0.2, -0.15) is 0 Å². The molecule has 1 saturated heterocycles. The molecular formula is C27H32ClFN4O5. The first-order valence-electron chi connectivity index (χ1n) is 12.3. The Balaban J connectivity index is 0.000000293. The molecule has 0 bridgehead atoms. The number of phenolic OH excluding ortho intramolecular Hbond substituents is 1. The van der Waals surface area contributed by atoms with Gasteiger partial charge in [-0.1, -0.05) is 50.4 Å². The lowest BCUT2D eigenvalue weighted by Gasteiger charge is -2.32. The van der Waals surface area contributed by atoms with E-state index in [1.165, 1.54) is 18.2 Å². The summed E-state index contributed by atoms with van der Waals surface area (Å²) < 4.78 is 13.5. The van der Waals surface area contributed by atoms with Gasteiger partial charge < -0.3 is 10.8 Å². The Morgan fingerprint density at radius 3 is 2.24 bits per heavy atom. The van der Waals surface area contributed by atoms with Gasteiger partial charge in [0, 0.05) is 29.1 Å². The first-order chi connectivity index (χ1) is 18.0. The Kier molecular flexibility index (Phi) is 11.4. The van der Waals surface area contributed by atoms with Crippen molar-refractivity contribution >= 4 is 41.1 Å². The van der Waals surface area contributed by atoms with E-state index in [0.29, 0.717) is 42.1 Å². The highest BCUT2D eigenvalue weighted by Gasteiger charge is 2.48. The van der Waals surface area contributed by atoms with Crippen LogP contribution in [0.2, 0.25) is 5.02 Å². The minimum atomic E-state index is -1.05. The summed E-state index contributed by atoms with van der Waals surface area (Å²) in [5.41, 5.74) is 5.46. The van der Waals surface area contributed by atoms with E-state index < -0.39 is 35.0 Å². The van der Waals surface area contributed by atoms with Gasteiger partial charge in [0.1, 0.15) is 17.0 Å². The minimum Gasteiger partial charge on any atom is -0.507 e. The van der Waals surface area contributed by atoms with Crippen molar-refractivity contribution in [2.45, 2.75) is 52.4 Å². The lowest BCUT2D eigenvalue weighted by atomic mass is 9.77. The van der Waals surface area contributed by atoms with Gasteiger partial charge in [-0.05, 0) is 49.6 Å². The summed E-state index contributed by atoms with van der Waals surface area (Å²) in [5, 5.41) is 14.9. The molecule has 1 aliphatic rings. The van der Waals surface area contributed by atoms with Crippen LogP contribution >= 0.6 is 11.6 Å². The quantitative estimate of drug-likeness (QED) is 0.200. The molecule has 9 nitrogen and oxygen atoms in total. The molecule has 11 heteroatoms. The molecular weight excluding hydrogens is 515 g/mol. The van der Waals surface area contributed by atoms with Crippen molar-refractivity contribution in [2.75, 3.05) is 6.54 Å². The van der Waals surface area contributed by atoms with Gasteiger partial charge in [-0.15, -0.1) is 0 Å². The number of hydrogen-bond acceptors (Lipinski definition) is 6. The average Bonchev–Trinajstić information content (AvgIpc) is 2.87. The van der Waals surface area contributed by atoms with Crippen LogP contribution in [-0.2, 0) is 14.4 Å². The van der Waals surface area contributed by atoms with Crippen molar-refractivity contribution in [1.29, 1.82) is 0 Å². The van der Waals surface area contributed by atoms with Crippen LogP contribution in [0.4, 0.5) is 9.18 Å². The number of urea groups is 1. The van der Waals surface area contributed by atoms with E-state index in [1.807, 2.05) is 6.92 Å². The van der Waals surface area contributed by atoms with Crippen molar-refractivity contribution in [3.63, 3.8) is 0 Å². The summed E-state index contributed by atoms with van der Waals surface area (Å²) in [6.07, 6.45) is 3.30. The molecule has 2 aromatic carbocycles. The lowest BCUT2D eigenvalue weighted by Crippen LogP contribution is -2.62. The zero-order valence-electron chi connectivity index (χ0n) is 21.4. The summed E-state index contributed by atoms with van der Waals surface area (Å²) in [5.74, 6) is -1.88. The number of unbranched alkanes of at least 4 members (excludes halogenated alkanes) is 1. The fraction of sp³-hybridized carbons (Fsp3) is 0.370. The van der Waals surface area contributed by atoms with Crippen LogP contribution in [0.25, 0.3) is 0 Å². The number of aliphatic imine (C=N–C) groups is 1. The number of phenols is 1. The van der Waals surface area contributed by atoms with Crippen molar-refractivity contribution in [3.05, 3.63) is 64.4 Å². The normalized spacial score (nSPS) is 14.7. The highest BCUT2D eigenvalue weighted by Crippen LogP contribution is 2.31. The predicted molar refractivity (Wildman–Crippen MR) is 142 cm³/mol. The van der Waals surface area contributed by atoms with E-state index in [2.05, 4.69) is 15.6 Å². The summed E-state index contributed by atoms with van der Waals surface area (Å²) in [4.78, 5) is 49.5. The van der Waals surface area contributed by atoms with E-state index in [9.17, 15) is 28.7 Å². The second kappa shape index (κ2) is 14.2. The number of barbiturate groups is 1. The molecule has 38 heavy (non-hydrogen) atoms. The molecule has 2 aromatic rings. The number of rotatable bonds is 10. The first kappa shape index (κ1) is 30.4. The maximum atomic E-state index is 13.5. The van der Waals surface area contributed by atoms with Crippen LogP contribution in [0.3, 0.4) is 0 Å². The number of primary amides is 1. The number of halogens is 2. The fourth-order valence-electron chi connectivity index (χ4n) is 3.87. The highest BCUT2D eigenvalue weighted by molar-refractivity contribution is 6.30. The zero-order valence-corrected chi connectivity index (χ0v) is 22.1. The molecule has 0 aromatic heterocycles. The monoisotopic (exact) mass is 546 g/mol. The number of amides is 5. The maximum Gasteiger partial charge on any atom is 0.328 e. The van der Waals surface area contributed by atoms with Crippen LogP contribution < -0.4 is 16.4 Å². The maximum absolute atomic E-state index is 13.5. The number of benzene rings is 2. The summed E-state index contributed by atoms with van der Waals surface area (Å²) in [7, 11) is 0. The van der Waals surface area contributed by atoms with Gasteiger partial charge in [0.25, 0.3) is 0 Å². The molecule has 3 rings (SSSR count). The third-order valence-corrected chi connectivity index (χ3v) is 6.32. The predicted octanol–water partition coefficient (Wildman–Crippen LogP) is 4.23. The molecule has 0 spiro atoms. The summed E-state index contributed by atoms with van der Waals surface area (Å²) in [6, 6.07) is 9.80. The SMILES string of the molecule is CCCCC1(CC)C(=O)NC(=O)NC1=O.NC(=O)CCC/N=C(\c1ccc(Cl)cc1)c1cc(F)ccc1O. The fourth-order valence-corrected chi connectivity index (χ4v) is 3.99. The molecule has 204 valence electrons. The van der Waals surface area contributed by atoms with E-state index in [0.717, 1.165) is 12.8 Å². The standard InChI is InChI=1S/C17H16ClFN2O2.C10H16N2O3/c18-12-5-3-11(4-6-12)17(21-9-1-2-16(20)23)14-10-13(19)7-8-15(14)22;1-3-5-6-10(4-2)7(13)11-9(15)12-8(10)14/h3-8,10,22H,1-2,9H2,(H2,20,23);3-6H2,1-2H3,(H2,11,12,13,14,15)/b21-17+;. The zero-order chi connectivity index (χ0) is 28.3. The molecule has 1 heterocycles. The van der Waals surface area contributed by atoms with E-state index in [4.69, 9.17) is 17.3 Å². The number of imide groups is 2. The third-order valence-electron chi connectivity index (χ3n) is 6.07. The smallest absolute Gasteiger partial charge is 0.328 e. The Labute approximate surface area is 225 Å². The second-order valence-electron chi connectivity index (χ2n) is 8.75. The highest BCUT2D eigenvalue weighted by atomic mass is 35.5. The van der Waals surface area contributed by atoms with E-state index in [1.54, 1.807) is 31.2 Å². The summed E-state index contributed by atoms with van der Waals surface area (Å²) in [6.45, 7) is 4.11. The van der Waals surface area contributed by atoms with Gasteiger partial charge in [0.2, 0.25) is 17.7 Å². The molecule has 0 radical (unpaired) electrons. The number of nitrogens with zero attached hydrogens (tertiary/aromatic N) is 1. The Hall–Kier alpha value is -3.79. The van der Waals surface area contributed by atoms with Crippen molar-refractivity contribution < 1.29 is 28.7 Å². The van der Waals surface area contributed by atoms with Gasteiger partial charge in [0.15, 0.2) is 0 Å². The van der Waals surface area contributed by atoms with E-state index >= 15 is 0 Å². The van der Waals surface area contributed by atoms with Crippen molar-refractivity contribution in [2.24, 2.45) is 16.1 Å². The van der Waals surface area contributed by atoms with Crippen LogP contribution in [0.5, 0.6) is 5.75 Å². The summed E-state index contributed by atoms with van der Waals surface area (Å²) >= 11 is 5.88. The molecule has 0 unspecified atom stereocenters. The first-order valence-corrected chi connectivity index (χ1v) is 12.7.